The Kier molecular flexibility index (Phi) is 4.76. The van der Waals surface area contributed by atoms with Crippen molar-refractivity contribution in [1.82, 2.24) is 10.5 Å². The first-order valence-corrected chi connectivity index (χ1v) is 8.65. The van der Waals surface area contributed by atoms with Crippen molar-refractivity contribution in [2.45, 2.75) is 6.54 Å². The quantitative estimate of drug-likeness (QED) is 0.733. The summed E-state index contributed by atoms with van der Waals surface area (Å²) in [5.74, 6) is -0.724. The van der Waals surface area contributed by atoms with Crippen molar-refractivity contribution in [2.24, 2.45) is 0 Å². The fraction of sp³-hybridized carbons (Fsp3) is 0.150. The smallest absolute Gasteiger partial charge is 0.414 e. The van der Waals surface area contributed by atoms with E-state index in [0.717, 1.165) is 5.56 Å². The number of amides is 2. The molecule has 0 bridgehead atoms. The number of carbonyl (C=O) groups excluding carboxylic acids is 2. The monoisotopic (exact) mass is 381 g/mol. The molecule has 1 aliphatic rings. The van der Waals surface area contributed by atoms with Gasteiger partial charge >= 0.3 is 6.09 Å². The van der Waals surface area contributed by atoms with E-state index in [0.29, 0.717) is 18.8 Å². The third-order valence-electron chi connectivity index (χ3n) is 4.32. The number of benzene rings is 2. The van der Waals surface area contributed by atoms with Crippen LogP contribution in [0.2, 0.25) is 0 Å². The van der Waals surface area contributed by atoms with E-state index in [-0.39, 0.29) is 29.7 Å². The van der Waals surface area contributed by atoms with Gasteiger partial charge in [-0.3, -0.25) is 9.69 Å². The van der Waals surface area contributed by atoms with Crippen LogP contribution in [0.5, 0.6) is 0 Å². The average Bonchev–Trinajstić information content (AvgIpc) is 3.36. The Bertz CT molecular complexity index is 1030. The number of aromatic nitrogens is 1. The van der Waals surface area contributed by atoms with Crippen LogP contribution in [0.4, 0.5) is 14.9 Å². The SMILES string of the molecule is O=C(NCc1cccc(N2CCOC2=O)c1)c1cc(-c2ccccc2F)on1. The molecule has 1 fully saturated rings. The van der Waals surface area contributed by atoms with E-state index in [1.54, 1.807) is 36.4 Å². The van der Waals surface area contributed by atoms with Gasteiger partial charge in [-0.2, -0.15) is 0 Å². The van der Waals surface area contributed by atoms with Gasteiger partial charge in [0.15, 0.2) is 11.5 Å². The van der Waals surface area contributed by atoms with Gasteiger partial charge in [0.1, 0.15) is 12.4 Å². The predicted octanol–water partition coefficient (Wildman–Crippen LogP) is 3.37. The Morgan fingerprint density at radius 2 is 2.04 bits per heavy atom. The summed E-state index contributed by atoms with van der Waals surface area (Å²) in [6.45, 7) is 1.08. The number of nitrogens with one attached hydrogen (secondary N) is 1. The summed E-state index contributed by atoms with van der Waals surface area (Å²) >= 11 is 0. The van der Waals surface area contributed by atoms with Crippen LogP contribution in [0.1, 0.15) is 16.1 Å². The van der Waals surface area contributed by atoms with Gasteiger partial charge in [0, 0.05) is 18.3 Å². The molecule has 2 amide bonds. The van der Waals surface area contributed by atoms with E-state index in [2.05, 4.69) is 10.5 Å². The third kappa shape index (κ3) is 3.57. The molecule has 0 radical (unpaired) electrons. The molecule has 1 N–H and O–H groups in total. The number of nitrogens with zero attached hydrogens (tertiary/aromatic N) is 2. The van der Waals surface area contributed by atoms with Gasteiger partial charge in [-0.15, -0.1) is 0 Å². The van der Waals surface area contributed by atoms with Gasteiger partial charge in [0.2, 0.25) is 0 Å². The van der Waals surface area contributed by atoms with Gasteiger partial charge in [0.05, 0.1) is 12.1 Å². The van der Waals surface area contributed by atoms with Crippen LogP contribution in [0.25, 0.3) is 11.3 Å². The summed E-state index contributed by atoms with van der Waals surface area (Å²) in [5, 5.41) is 6.45. The average molecular weight is 381 g/mol. The van der Waals surface area contributed by atoms with Crippen molar-refractivity contribution < 1.29 is 23.2 Å². The first-order chi connectivity index (χ1) is 13.6. The van der Waals surface area contributed by atoms with E-state index in [1.165, 1.54) is 17.0 Å². The number of cyclic esters (lactones) is 1. The number of ether oxygens (including phenoxy) is 1. The molecular weight excluding hydrogens is 365 g/mol. The normalized spacial score (nSPS) is 13.5. The number of hydrogen-bond acceptors (Lipinski definition) is 5. The fourth-order valence-corrected chi connectivity index (χ4v) is 2.91. The molecule has 4 rings (SSSR count). The molecule has 2 heterocycles. The molecule has 0 atom stereocenters. The maximum atomic E-state index is 13.8. The molecule has 7 nitrogen and oxygen atoms in total. The molecule has 2 aromatic carbocycles. The maximum Gasteiger partial charge on any atom is 0.414 e. The second-order valence-electron chi connectivity index (χ2n) is 6.17. The number of hydrogen-bond donors (Lipinski definition) is 1. The largest absolute Gasteiger partial charge is 0.447 e. The van der Waals surface area contributed by atoms with Crippen molar-refractivity contribution in [3.8, 4) is 11.3 Å². The summed E-state index contributed by atoms with van der Waals surface area (Å²) in [7, 11) is 0. The highest BCUT2D eigenvalue weighted by molar-refractivity contribution is 5.93. The van der Waals surface area contributed by atoms with Gasteiger partial charge < -0.3 is 14.6 Å². The molecule has 0 aliphatic carbocycles. The Morgan fingerprint density at radius 1 is 1.18 bits per heavy atom. The van der Waals surface area contributed by atoms with Crippen LogP contribution < -0.4 is 10.2 Å². The van der Waals surface area contributed by atoms with Crippen LogP contribution in [0.3, 0.4) is 0 Å². The first kappa shape index (κ1) is 17.7. The minimum Gasteiger partial charge on any atom is -0.447 e. The zero-order valence-corrected chi connectivity index (χ0v) is 14.7. The molecule has 1 aliphatic heterocycles. The van der Waals surface area contributed by atoms with Crippen molar-refractivity contribution in [3.05, 3.63) is 71.7 Å². The first-order valence-electron chi connectivity index (χ1n) is 8.65. The molecule has 3 aromatic rings. The van der Waals surface area contributed by atoms with Crippen molar-refractivity contribution in [3.63, 3.8) is 0 Å². The highest BCUT2D eigenvalue weighted by Gasteiger charge is 2.23. The molecular formula is C20H16FN3O4. The topological polar surface area (TPSA) is 84.7 Å². The Labute approximate surface area is 159 Å². The highest BCUT2D eigenvalue weighted by Crippen LogP contribution is 2.23. The Morgan fingerprint density at radius 3 is 2.82 bits per heavy atom. The fourth-order valence-electron chi connectivity index (χ4n) is 2.91. The summed E-state index contributed by atoms with van der Waals surface area (Å²) < 4.78 is 23.9. The lowest BCUT2D eigenvalue weighted by Gasteiger charge is -2.14. The standard InChI is InChI=1S/C20H16FN3O4/c21-16-7-2-1-6-15(16)18-11-17(23-28-18)19(25)22-12-13-4-3-5-14(10-13)24-8-9-27-20(24)26/h1-7,10-11H,8-9,12H2,(H,22,25). The number of halogens is 1. The van der Waals surface area contributed by atoms with E-state index in [4.69, 9.17) is 9.26 Å². The summed E-state index contributed by atoms with van der Waals surface area (Å²) in [4.78, 5) is 25.5. The molecule has 1 aromatic heterocycles. The lowest BCUT2D eigenvalue weighted by Crippen LogP contribution is -2.25. The summed E-state index contributed by atoms with van der Waals surface area (Å²) in [6.07, 6.45) is -0.385. The summed E-state index contributed by atoms with van der Waals surface area (Å²) in [5.41, 5.74) is 1.80. The van der Waals surface area contributed by atoms with Crippen LogP contribution >= 0.6 is 0 Å². The molecule has 1 saturated heterocycles. The lowest BCUT2D eigenvalue weighted by atomic mass is 10.1. The summed E-state index contributed by atoms with van der Waals surface area (Å²) in [6, 6.07) is 14.7. The van der Waals surface area contributed by atoms with E-state index < -0.39 is 11.7 Å². The van der Waals surface area contributed by atoms with Crippen molar-refractivity contribution in [2.75, 3.05) is 18.1 Å². The number of carbonyl (C=O) groups is 2. The minimum atomic E-state index is -0.456. The second-order valence-corrected chi connectivity index (χ2v) is 6.17. The van der Waals surface area contributed by atoms with E-state index >= 15 is 0 Å². The molecule has 142 valence electrons. The van der Waals surface area contributed by atoms with Gasteiger partial charge in [-0.05, 0) is 29.8 Å². The number of anilines is 1. The van der Waals surface area contributed by atoms with Crippen molar-refractivity contribution >= 4 is 17.7 Å². The lowest BCUT2D eigenvalue weighted by molar-refractivity contribution is 0.0942. The van der Waals surface area contributed by atoms with Gasteiger partial charge in [0.25, 0.3) is 5.91 Å². The molecule has 0 spiro atoms. The van der Waals surface area contributed by atoms with E-state index in [9.17, 15) is 14.0 Å². The van der Waals surface area contributed by atoms with Gasteiger partial charge in [-0.1, -0.05) is 29.4 Å². The van der Waals surface area contributed by atoms with Gasteiger partial charge in [-0.25, -0.2) is 9.18 Å². The predicted molar refractivity (Wildman–Crippen MR) is 98.2 cm³/mol. The Hall–Kier alpha value is -3.68. The number of rotatable bonds is 5. The zero-order valence-electron chi connectivity index (χ0n) is 14.7. The molecule has 0 saturated carbocycles. The third-order valence-corrected chi connectivity index (χ3v) is 4.32. The van der Waals surface area contributed by atoms with E-state index in [1.807, 2.05) is 6.07 Å². The van der Waals surface area contributed by atoms with Crippen LogP contribution in [0, 0.1) is 5.82 Å². The van der Waals surface area contributed by atoms with Crippen LogP contribution in [0.15, 0.2) is 59.1 Å². The second kappa shape index (κ2) is 7.51. The Balaban J connectivity index is 1.43. The maximum absolute atomic E-state index is 13.8. The molecule has 28 heavy (non-hydrogen) atoms. The van der Waals surface area contributed by atoms with Crippen molar-refractivity contribution in [1.29, 1.82) is 0 Å². The van der Waals surface area contributed by atoms with Crippen LogP contribution in [-0.4, -0.2) is 30.3 Å². The highest BCUT2D eigenvalue weighted by atomic mass is 19.1. The molecule has 8 heteroatoms. The van der Waals surface area contributed by atoms with Crippen LogP contribution in [-0.2, 0) is 11.3 Å². The zero-order chi connectivity index (χ0) is 19.5. The molecule has 0 unspecified atom stereocenters. The minimum absolute atomic E-state index is 0.0533.